The minimum Gasteiger partial charge on any atom is -0.0836 e. The Morgan fingerprint density at radius 1 is 0.438 bits per heavy atom. The van der Waals surface area contributed by atoms with Crippen LogP contribution in [0, 0.1) is 0 Å². The molecule has 0 saturated carbocycles. The summed E-state index contributed by atoms with van der Waals surface area (Å²) in [6.07, 6.45) is 23.0. The van der Waals surface area contributed by atoms with Crippen LogP contribution in [0.25, 0.3) is 0 Å². The summed E-state index contributed by atoms with van der Waals surface area (Å²) in [5.41, 5.74) is 5.70. The lowest BCUT2D eigenvalue weighted by atomic mass is 9.78. The molecular weight excluding hydrogens is 192 g/mol. The first-order valence-electron chi connectivity index (χ1n) is 6.12. The lowest BCUT2D eigenvalue weighted by molar-refractivity contribution is 1.02. The molecule has 0 amide bonds. The highest BCUT2D eigenvalue weighted by Crippen LogP contribution is 2.40. The predicted octanol–water partition coefficient (Wildman–Crippen LogP) is 4.41. The van der Waals surface area contributed by atoms with Crippen LogP contribution in [0.5, 0.6) is 0 Å². The number of hydrogen-bond donors (Lipinski definition) is 0. The molecule has 0 aromatic rings. The van der Waals surface area contributed by atoms with Gasteiger partial charge in [0.25, 0.3) is 0 Å². The summed E-state index contributed by atoms with van der Waals surface area (Å²) in [7, 11) is 0. The van der Waals surface area contributed by atoms with Crippen molar-refractivity contribution in [2.75, 3.05) is 0 Å². The zero-order valence-corrected chi connectivity index (χ0v) is 9.45. The van der Waals surface area contributed by atoms with Crippen LogP contribution in [-0.2, 0) is 0 Å². The van der Waals surface area contributed by atoms with Crippen molar-refractivity contribution in [3.05, 3.63) is 70.9 Å². The van der Waals surface area contributed by atoms with Crippen molar-refractivity contribution in [3.8, 4) is 0 Å². The topological polar surface area (TPSA) is 0 Å². The molecule has 0 fully saturated rings. The van der Waals surface area contributed by atoms with Gasteiger partial charge in [-0.15, -0.1) is 0 Å². The van der Waals surface area contributed by atoms with Crippen LogP contribution >= 0.6 is 0 Å². The summed E-state index contributed by atoms with van der Waals surface area (Å²) in [5, 5.41) is 0. The van der Waals surface area contributed by atoms with Gasteiger partial charge in [0.15, 0.2) is 0 Å². The second-order valence-corrected chi connectivity index (χ2v) is 4.42. The van der Waals surface area contributed by atoms with Crippen molar-refractivity contribution in [2.45, 2.75) is 25.7 Å². The Labute approximate surface area is 97.1 Å². The van der Waals surface area contributed by atoms with Gasteiger partial charge in [0.05, 0.1) is 0 Å². The quantitative estimate of drug-likeness (QED) is 0.553. The summed E-state index contributed by atoms with van der Waals surface area (Å²) in [6, 6.07) is 0. The molecule has 0 N–H and O–H groups in total. The number of rotatable bonds is 0. The molecule has 0 aromatic heterocycles. The molecule has 3 aliphatic rings. The van der Waals surface area contributed by atoms with Crippen LogP contribution in [0.2, 0.25) is 0 Å². The highest BCUT2D eigenvalue weighted by atomic mass is 14.3. The van der Waals surface area contributed by atoms with Crippen molar-refractivity contribution < 1.29 is 0 Å². The van der Waals surface area contributed by atoms with Gasteiger partial charge in [-0.05, 0) is 48.0 Å². The van der Waals surface area contributed by atoms with Gasteiger partial charge in [-0.25, -0.2) is 0 Å². The van der Waals surface area contributed by atoms with Crippen molar-refractivity contribution in [1.29, 1.82) is 0 Å². The first-order chi connectivity index (χ1) is 7.97. The molecule has 80 valence electrons. The summed E-state index contributed by atoms with van der Waals surface area (Å²) in [4.78, 5) is 0. The Hall–Kier alpha value is -1.56. The second kappa shape index (κ2) is 4.13. The maximum atomic E-state index is 2.29. The van der Waals surface area contributed by atoms with Crippen LogP contribution in [0.3, 0.4) is 0 Å². The van der Waals surface area contributed by atoms with Gasteiger partial charge in [-0.3, -0.25) is 0 Å². The fraction of sp³-hybridized carbons (Fsp3) is 0.250. The molecule has 0 spiro atoms. The predicted molar refractivity (Wildman–Crippen MR) is 69.1 cm³/mol. The van der Waals surface area contributed by atoms with E-state index in [0.29, 0.717) is 0 Å². The lowest BCUT2D eigenvalue weighted by Gasteiger charge is -2.26. The van der Waals surface area contributed by atoms with Crippen LogP contribution in [0.1, 0.15) is 25.7 Å². The number of allylic oxidation sites excluding steroid dienone is 12. The van der Waals surface area contributed by atoms with Crippen LogP contribution < -0.4 is 0 Å². The Balaban J connectivity index is 2.02. The van der Waals surface area contributed by atoms with Gasteiger partial charge in [-0.1, -0.05) is 48.6 Å². The molecule has 16 heavy (non-hydrogen) atoms. The smallest absolute Gasteiger partial charge is 0.0102 e. The summed E-state index contributed by atoms with van der Waals surface area (Å²) in [5.74, 6) is 0. The maximum absolute atomic E-state index is 2.29. The normalized spacial score (nSPS) is 31.0. The number of hydrogen-bond acceptors (Lipinski definition) is 0. The largest absolute Gasteiger partial charge is 0.0836 e. The van der Waals surface area contributed by atoms with Crippen LogP contribution in [-0.4, -0.2) is 0 Å². The minimum atomic E-state index is 1.16. The highest BCUT2D eigenvalue weighted by Gasteiger charge is 2.22. The molecule has 3 aliphatic carbocycles. The van der Waals surface area contributed by atoms with E-state index in [1.165, 1.54) is 22.3 Å². The van der Waals surface area contributed by atoms with Gasteiger partial charge in [0.1, 0.15) is 0 Å². The Bertz CT molecular complexity index is 375. The summed E-state index contributed by atoms with van der Waals surface area (Å²) >= 11 is 0. The third-order valence-corrected chi connectivity index (χ3v) is 3.30. The average molecular weight is 208 g/mol. The monoisotopic (exact) mass is 208 g/mol. The first-order valence-corrected chi connectivity index (χ1v) is 6.12. The van der Waals surface area contributed by atoms with Crippen molar-refractivity contribution >= 4 is 0 Å². The van der Waals surface area contributed by atoms with Gasteiger partial charge in [0.2, 0.25) is 0 Å². The molecule has 3 rings (SSSR count). The standard InChI is InChI=1S/C16H16/c1-2-6-10-14-13(9-5-1)15-11-7-3-4-8-12-16(14)15/h5-12H,1-4H2/b9-5-,10-6-,11-7-,12-8-. The molecule has 0 heteroatoms. The zero-order chi connectivity index (χ0) is 10.8. The molecule has 0 heterocycles. The Morgan fingerprint density at radius 3 is 0.938 bits per heavy atom. The molecule has 0 aromatic carbocycles. The molecule has 0 nitrogen and oxygen atoms in total. The van der Waals surface area contributed by atoms with E-state index in [4.69, 9.17) is 0 Å². The summed E-state index contributed by atoms with van der Waals surface area (Å²) in [6.45, 7) is 0. The van der Waals surface area contributed by atoms with E-state index >= 15 is 0 Å². The van der Waals surface area contributed by atoms with Crippen LogP contribution in [0.4, 0.5) is 0 Å². The van der Waals surface area contributed by atoms with E-state index in [9.17, 15) is 0 Å². The Morgan fingerprint density at radius 2 is 0.688 bits per heavy atom. The first kappa shape index (κ1) is 9.65. The molecule has 0 saturated heterocycles. The number of fused-ring (bicyclic) bond motifs is 2. The zero-order valence-electron chi connectivity index (χ0n) is 9.45. The second-order valence-electron chi connectivity index (χ2n) is 4.42. The molecule has 0 bridgehead atoms. The van der Waals surface area contributed by atoms with E-state index in [1.54, 1.807) is 0 Å². The molecular formula is C16H16. The molecule has 0 atom stereocenters. The van der Waals surface area contributed by atoms with Crippen LogP contribution in [0.15, 0.2) is 70.9 Å². The van der Waals surface area contributed by atoms with Gasteiger partial charge in [-0.2, -0.15) is 0 Å². The molecule has 0 unspecified atom stereocenters. The Kier molecular flexibility index (Phi) is 2.49. The third-order valence-electron chi connectivity index (χ3n) is 3.30. The lowest BCUT2D eigenvalue weighted by Crippen LogP contribution is -2.08. The average Bonchev–Trinajstić information content (AvgIpc) is 2.23. The van der Waals surface area contributed by atoms with Gasteiger partial charge in [0, 0.05) is 0 Å². The van der Waals surface area contributed by atoms with E-state index < -0.39 is 0 Å². The highest BCUT2D eigenvalue weighted by molar-refractivity contribution is 5.74. The van der Waals surface area contributed by atoms with E-state index in [1.807, 2.05) is 0 Å². The van der Waals surface area contributed by atoms with Crippen molar-refractivity contribution in [3.63, 3.8) is 0 Å². The van der Waals surface area contributed by atoms with Gasteiger partial charge >= 0.3 is 0 Å². The maximum Gasteiger partial charge on any atom is -0.0102 e. The SMILES string of the molecule is C1=C\C2=C(/C=C\CC/1)C1=C2/C=C\CC/C=C\1. The fourth-order valence-electron chi connectivity index (χ4n) is 2.43. The molecule has 0 radical (unpaired) electrons. The van der Waals surface area contributed by atoms with Gasteiger partial charge < -0.3 is 0 Å². The van der Waals surface area contributed by atoms with E-state index in [-0.39, 0.29) is 0 Å². The minimum absolute atomic E-state index is 1.16. The van der Waals surface area contributed by atoms with Crippen molar-refractivity contribution in [2.24, 2.45) is 0 Å². The third kappa shape index (κ3) is 1.55. The van der Waals surface area contributed by atoms with Crippen molar-refractivity contribution in [1.82, 2.24) is 0 Å². The summed E-state index contributed by atoms with van der Waals surface area (Å²) < 4.78 is 0. The fourth-order valence-corrected chi connectivity index (χ4v) is 2.43. The van der Waals surface area contributed by atoms with E-state index in [2.05, 4.69) is 48.6 Å². The van der Waals surface area contributed by atoms with E-state index in [0.717, 1.165) is 25.7 Å². The molecule has 0 aliphatic heterocycles.